The topological polar surface area (TPSA) is 48.5 Å². The second kappa shape index (κ2) is 7.41. The summed E-state index contributed by atoms with van der Waals surface area (Å²) in [6.45, 7) is 5.90. The molecule has 0 spiro atoms. The zero-order valence-corrected chi connectivity index (χ0v) is 13.3. The first-order valence-corrected chi connectivity index (χ1v) is 7.73. The molecule has 1 amide bonds. The summed E-state index contributed by atoms with van der Waals surface area (Å²) in [4.78, 5) is 20.7. The van der Waals surface area contributed by atoms with Crippen molar-refractivity contribution in [3.05, 3.63) is 23.9 Å². The van der Waals surface area contributed by atoms with Crippen molar-refractivity contribution in [1.29, 1.82) is 0 Å². The number of carbonyl (C=O) groups excluding carboxylic acids is 1. The quantitative estimate of drug-likeness (QED) is 0.895. The number of nitrogens with zero attached hydrogens (tertiary/aromatic N) is 3. The molecule has 1 aromatic heterocycles. The largest absolute Gasteiger partial charge is 0.357 e. The number of likely N-dealkylation sites (N-methyl/N-ethyl adjacent to an activating group) is 2. The van der Waals surface area contributed by atoms with Gasteiger partial charge in [-0.1, -0.05) is 6.92 Å². The van der Waals surface area contributed by atoms with Crippen LogP contribution in [0.25, 0.3) is 0 Å². The lowest BCUT2D eigenvalue weighted by atomic mass is 9.99. The molecule has 0 aromatic carbocycles. The van der Waals surface area contributed by atoms with E-state index in [1.165, 1.54) is 12.8 Å². The minimum atomic E-state index is 0.0246. The maximum Gasteiger partial charge on any atom is 0.255 e. The summed E-state index contributed by atoms with van der Waals surface area (Å²) in [5, 5.41) is 3.04. The van der Waals surface area contributed by atoms with Crippen LogP contribution < -0.4 is 10.2 Å². The Morgan fingerprint density at radius 2 is 2.14 bits per heavy atom. The third-order valence-electron chi connectivity index (χ3n) is 4.15. The van der Waals surface area contributed by atoms with E-state index in [0.717, 1.165) is 31.4 Å². The molecule has 1 fully saturated rings. The van der Waals surface area contributed by atoms with Crippen LogP contribution in [-0.4, -0.2) is 56.1 Å². The Balaban J connectivity index is 1.96. The number of anilines is 1. The fraction of sp³-hybridized carbons (Fsp3) is 0.625. The van der Waals surface area contributed by atoms with E-state index >= 15 is 0 Å². The molecular formula is C16H26N4O. The van der Waals surface area contributed by atoms with Gasteiger partial charge in [0.15, 0.2) is 0 Å². The number of hydrogen-bond donors (Lipinski definition) is 1. The van der Waals surface area contributed by atoms with Crippen LogP contribution in [0.5, 0.6) is 0 Å². The number of rotatable bonds is 5. The third-order valence-corrected chi connectivity index (χ3v) is 4.15. The lowest BCUT2D eigenvalue weighted by Crippen LogP contribution is -2.34. The average molecular weight is 290 g/mol. The second-order valence-electron chi connectivity index (χ2n) is 5.90. The molecule has 21 heavy (non-hydrogen) atoms. The number of carbonyl (C=O) groups is 1. The first-order valence-electron chi connectivity index (χ1n) is 7.73. The van der Waals surface area contributed by atoms with Gasteiger partial charge in [0.2, 0.25) is 0 Å². The van der Waals surface area contributed by atoms with E-state index in [1.54, 1.807) is 11.1 Å². The normalized spacial score (nSPS) is 16.0. The molecule has 0 saturated carbocycles. The van der Waals surface area contributed by atoms with E-state index in [0.29, 0.717) is 12.1 Å². The highest BCUT2D eigenvalue weighted by molar-refractivity contribution is 5.93. The highest BCUT2D eigenvalue weighted by Crippen LogP contribution is 2.21. The molecule has 1 aliphatic heterocycles. The molecule has 1 aliphatic rings. The molecule has 116 valence electrons. The monoisotopic (exact) mass is 290 g/mol. The van der Waals surface area contributed by atoms with Gasteiger partial charge in [0.05, 0.1) is 5.56 Å². The number of pyridine rings is 1. The summed E-state index contributed by atoms with van der Waals surface area (Å²) in [6.07, 6.45) is 4.13. The van der Waals surface area contributed by atoms with Gasteiger partial charge in [-0.2, -0.15) is 0 Å². The van der Waals surface area contributed by atoms with E-state index in [1.807, 2.05) is 26.2 Å². The van der Waals surface area contributed by atoms with Crippen molar-refractivity contribution in [3.63, 3.8) is 0 Å². The van der Waals surface area contributed by atoms with Crippen molar-refractivity contribution in [2.24, 2.45) is 5.92 Å². The van der Waals surface area contributed by atoms with Crippen molar-refractivity contribution < 1.29 is 4.79 Å². The summed E-state index contributed by atoms with van der Waals surface area (Å²) in [7, 11) is 3.70. The summed E-state index contributed by atoms with van der Waals surface area (Å²) in [5.74, 6) is 1.82. The number of amides is 1. The second-order valence-corrected chi connectivity index (χ2v) is 5.90. The lowest BCUT2D eigenvalue weighted by molar-refractivity contribution is 0.0796. The van der Waals surface area contributed by atoms with Gasteiger partial charge in [-0.3, -0.25) is 4.79 Å². The molecule has 2 rings (SSSR count). The van der Waals surface area contributed by atoms with Gasteiger partial charge in [-0.15, -0.1) is 0 Å². The maximum atomic E-state index is 12.2. The van der Waals surface area contributed by atoms with Gasteiger partial charge in [-0.25, -0.2) is 4.98 Å². The van der Waals surface area contributed by atoms with Crippen LogP contribution in [0.4, 0.5) is 5.82 Å². The van der Waals surface area contributed by atoms with Gasteiger partial charge in [0, 0.05) is 39.4 Å². The van der Waals surface area contributed by atoms with Gasteiger partial charge in [-0.05, 0) is 37.9 Å². The Morgan fingerprint density at radius 1 is 1.43 bits per heavy atom. The van der Waals surface area contributed by atoms with Crippen molar-refractivity contribution >= 4 is 11.7 Å². The molecule has 5 heteroatoms. The number of aromatic nitrogens is 1. The van der Waals surface area contributed by atoms with Crippen molar-refractivity contribution in [1.82, 2.24) is 15.2 Å². The van der Waals surface area contributed by atoms with Gasteiger partial charge in [0.1, 0.15) is 5.82 Å². The van der Waals surface area contributed by atoms with Crippen LogP contribution in [0.3, 0.4) is 0 Å². The predicted molar refractivity (Wildman–Crippen MR) is 85.7 cm³/mol. The van der Waals surface area contributed by atoms with Gasteiger partial charge < -0.3 is 15.1 Å². The summed E-state index contributed by atoms with van der Waals surface area (Å²) in [5.41, 5.74) is 0.655. The first-order chi connectivity index (χ1) is 10.1. The molecule has 1 saturated heterocycles. The maximum absolute atomic E-state index is 12.2. The molecular weight excluding hydrogens is 264 g/mol. The lowest BCUT2D eigenvalue weighted by Gasteiger charge is -2.31. The SMILES string of the molecule is CNCCN(C)C(=O)c1ccc(N2CCC(C)CC2)nc1. The summed E-state index contributed by atoms with van der Waals surface area (Å²) < 4.78 is 0. The predicted octanol–water partition coefficient (Wildman–Crippen LogP) is 1.61. The molecule has 0 aliphatic carbocycles. The van der Waals surface area contributed by atoms with Gasteiger partial charge in [0.25, 0.3) is 5.91 Å². The smallest absolute Gasteiger partial charge is 0.255 e. The molecule has 2 heterocycles. The Kier molecular flexibility index (Phi) is 5.56. The molecule has 5 nitrogen and oxygen atoms in total. The average Bonchev–Trinajstić information content (AvgIpc) is 2.53. The Bertz CT molecular complexity index is 452. The molecule has 0 radical (unpaired) electrons. The highest BCUT2D eigenvalue weighted by atomic mass is 16.2. The van der Waals surface area contributed by atoms with Crippen LogP contribution >= 0.6 is 0 Å². The Morgan fingerprint density at radius 3 is 2.71 bits per heavy atom. The van der Waals surface area contributed by atoms with Gasteiger partial charge >= 0.3 is 0 Å². The fourth-order valence-electron chi connectivity index (χ4n) is 2.54. The number of piperidine rings is 1. The summed E-state index contributed by atoms with van der Waals surface area (Å²) in [6, 6.07) is 3.85. The third kappa shape index (κ3) is 4.17. The molecule has 1 N–H and O–H groups in total. The molecule has 0 unspecified atom stereocenters. The van der Waals surface area contributed by atoms with E-state index in [2.05, 4.69) is 22.1 Å². The van der Waals surface area contributed by atoms with Crippen molar-refractivity contribution in [3.8, 4) is 0 Å². The minimum Gasteiger partial charge on any atom is -0.357 e. The number of hydrogen-bond acceptors (Lipinski definition) is 4. The molecule has 0 bridgehead atoms. The highest BCUT2D eigenvalue weighted by Gasteiger charge is 2.18. The zero-order valence-electron chi connectivity index (χ0n) is 13.3. The van der Waals surface area contributed by atoms with Crippen LogP contribution in [0.1, 0.15) is 30.1 Å². The van der Waals surface area contributed by atoms with Crippen molar-refractivity contribution in [2.75, 3.05) is 45.2 Å². The molecule has 0 atom stereocenters. The Hall–Kier alpha value is -1.62. The van der Waals surface area contributed by atoms with Crippen LogP contribution in [0.2, 0.25) is 0 Å². The van der Waals surface area contributed by atoms with E-state index in [4.69, 9.17) is 0 Å². The number of nitrogens with one attached hydrogen (secondary N) is 1. The van der Waals surface area contributed by atoms with E-state index in [9.17, 15) is 4.79 Å². The van der Waals surface area contributed by atoms with Crippen LogP contribution in [-0.2, 0) is 0 Å². The van der Waals surface area contributed by atoms with Crippen molar-refractivity contribution in [2.45, 2.75) is 19.8 Å². The summed E-state index contributed by atoms with van der Waals surface area (Å²) >= 11 is 0. The zero-order chi connectivity index (χ0) is 15.2. The standard InChI is InChI=1S/C16H26N4O/c1-13-6-9-20(10-7-13)15-5-4-14(12-18-15)16(21)19(3)11-8-17-2/h4-5,12-13,17H,6-11H2,1-3H3. The minimum absolute atomic E-state index is 0.0246. The van der Waals surface area contributed by atoms with E-state index < -0.39 is 0 Å². The van der Waals surface area contributed by atoms with Crippen LogP contribution in [0.15, 0.2) is 18.3 Å². The first kappa shape index (κ1) is 15.8. The fourth-order valence-corrected chi connectivity index (χ4v) is 2.54. The van der Waals surface area contributed by atoms with E-state index in [-0.39, 0.29) is 5.91 Å². The Labute approximate surface area is 127 Å². The van der Waals surface area contributed by atoms with Crippen LogP contribution in [0, 0.1) is 5.92 Å². The molecule has 1 aromatic rings.